The Morgan fingerprint density at radius 1 is 1.07 bits per heavy atom. The zero-order valence-corrected chi connectivity index (χ0v) is 16.2. The van der Waals surface area contributed by atoms with Crippen molar-refractivity contribution in [3.63, 3.8) is 0 Å². The molecule has 0 saturated carbocycles. The van der Waals surface area contributed by atoms with Gasteiger partial charge in [-0.15, -0.1) is 10.2 Å². The number of carbonyl (C=O) groups excluding carboxylic acids is 2. The highest BCUT2D eigenvalue weighted by atomic mass is 16.6. The third-order valence-electron chi connectivity index (χ3n) is 4.71. The van der Waals surface area contributed by atoms with Crippen LogP contribution >= 0.6 is 0 Å². The number of amides is 2. The summed E-state index contributed by atoms with van der Waals surface area (Å²) < 4.78 is 5.02. The number of hydrogen-bond acceptors (Lipinski definition) is 6. The van der Waals surface area contributed by atoms with Crippen LogP contribution in [0.15, 0.2) is 36.4 Å². The fourth-order valence-corrected chi connectivity index (χ4v) is 3.02. The summed E-state index contributed by atoms with van der Waals surface area (Å²) >= 11 is 0. The third-order valence-corrected chi connectivity index (χ3v) is 4.71. The Labute approximate surface area is 164 Å². The molecule has 1 N–H and O–H groups in total. The van der Waals surface area contributed by atoms with Crippen LogP contribution in [0.5, 0.6) is 0 Å². The van der Waals surface area contributed by atoms with Gasteiger partial charge in [0, 0.05) is 32.7 Å². The summed E-state index contributed by atoms with van der Waals surface area (Å²) in [4.78, 5) is 27.8. The minimum absolute atomic E-state index is 0.255. The number of nitrogens with zero attached hydrogens (tertiary/aromatic N) is 4. The summed E-state index contributed by atoms with van der Waals surface area (Å²) in [6, 6.07) is 11.4. The lowest BCUT2D eigenvalue weighted by atomic mass is 10.1. The minimum atomic E-state index is -0.283. The Balaban J connectivity index is 1.53. The van der Waals surface area contributed by atoms with E-state index in [1.165, 1.54) is 0 Å². The van der Waals surface area contributed by atoms with Crippen molar-refractivity contribution < 1.29 is 14.3 Å². The van der Waals surface area contributed by atoms with E-state index >= 15 is 0 Å². The van der Waals surface area contributed by atoms with Crippen molar-refractivity contribution in [1.29, 1.82) is 0 Å². The molecule has 2 heterocycles. The normalized spacial score (nSPS) is 13.9. The standard InChI is InChI=1S/C20H25N5O3/c1-3-28-20(27)25-12-10-24(11-13-25)18-9-8-17(22-23-18)19(26)21-14-16-7-5-4-6-15(16)2/h4-9H,3,10-14H2,1-2H3,(H,21,26). The van der Waals surface area contributed by atoms with Gasteiger partial charge in [-0.25, -0.2) is 4.79 Å². The highest BCUT2D eigenvalue weighted by Gasteiger charge is 2.23. The number of benzene rings is 1. The van der Waals surface area contributed by atoms with Gasteiger partial charge in [-0.05, 0) is 37.1 Å². The number of aromatic nitrogens is 2. The maximum absolute atomic E-state index is 12.3. The van der Waals surface area contributed by atoms with Crippen LogP contribution in [0, 0.1) is 6.92 Å². The maximum atomic E-state index is 12.3. The van der Waals surface area contributed by atoms with E-state index in [9.17, 15) is 9.59 Å². The fraction of sp³-hybridized carbons (Fsp3) is 0.400. The van der Waals surface area contributed by atoms with Gasteiger partial charge in [-0.1, -0.05) is 24.3 Å². The highest BCUT2D eigenvalue weighted by molar-refractivity contribution is 5.92. The van der Waals surface area contributed by atoms with Crippen molar-refractivity contribution in [1.82, 2.24) is 20.4 Å². The van der Waals surface area contributed by atoms with E-state index in [4.69, 9.17) is 4.74 Å². The van der Waals surface area contributed by atoms with E-state index < -0.39 is 0 Å². The van der Waals surface area contributed by atoms with E-state index in [1.807, 2.05) is 36.1 Å². The molecule has 1 fully saturated rings. The Hall–Kier alpha value is -3.16. The van der Waals surface area contributed by atoms with Crippen LogP contribution in [-0.4, -0.2) is 59.9 Å². The van der Waals surface area contributed by atoms with Crippen LogP contribution in [0.1, 0.15) is 28.5 Å². The number of carbonyl (C=O) groups is 2. The largest absolute Gasteiger partial charge is 0.450 e. The number of rotatable bonds is 5. The lowest BCUT2D eigenvalue weighted by Gasteiger charge is -2.34. The molecule has 3 rings (SSSR count). The molecule has 1 aliphatic rings. The second-order valence-electron chi connectivity index (χ2n) is 6.56. The number of nitrogens with one attached hydrogen (secondary N) is 1. The molecule has 8 heteroatoms. The first-order valence-corrected chi connectivity index (χ1v) is 9.41. The van der Waals surface area contributed by atoms with Gasteiger partial charge >= 0.3 is 6.09 Å². The first-order valence-electron chi connectivity index (χ1n) is 9.41. The van der Waals surface area contributed by atoms with Crippen molar-refractivity contribution in [3.8, 4) is 0 Å². The molecule has 1 aromatic carbocycles. The summed E-state index contributed by atoms with van der Waals surface area (Å²) in [5, 5.41) is 11.1. The lowest BCUT2D eigenvalue weighted by molar-refractivity contribution is 0.0944. The Morgan fingerprint density at radius 2 is 1.82 bits per heavy atom. The maximum Gasteiger partial charge on any atom is 0.409 e. The Morgan fingerprint density at radius 3 is 2.46 bits per heavy atom. The van der Waals surface area contributed by atoms with Crippen molar-refractivity contribution in [3.05, 3.63) is 53.2 Å². The minimum Gasteiger partial charge on any atom is -0.450 e. The molecule has 2 aromatic rings. The predicted octanol–water partition coefficient (Wildman–Crippen LogP) is 1.99. The van der Waals surface area contributed by atoms with E-state index in [1.54, 1.807) is 24.0 Å². The molecule has 28 heavy (non-hydrogen) atoms. The molecule has 1 saturated heterocycles. The molecule has 2 amide bonds. The average molecular weight is 383 g/mol. The summed E-state index contributed by atoms with van der Waals surface area (Å²) in [6.07, 6.45) is -0.283. The SMILES string of the molecule is CCOC(=O)N1CCN(c2ccc(C(=O)NCc3ccccc3C)nn2)CC1. The highest BCUT2D eigenvalue weighted by Crippen LogP contribution is 2.14. The second kappa shape index (κ2) is 9.16. The molecule has 8 nitrogen and oxygen atoms in total. The van der Waals surface area contributed by atoms with Crippen LogP contribution in [0.25, 0.3) is 0 Å². The quantitative estimate of drug-likeness (QED) is 0.850. The summed E-state index contributed by atoms with van der Waals surface area (Å²) in [5.41, 5.74) is 2.48. The molecule has 1 aromatic heterocycles. The molecule has 0 bridgehead atoms. The molecule has 0 atom stereocenters. The summed E-state index contributed by atoms with van der Waals surface area (Å²) in [6.45, 7) is 7.06. The second-order valence-corrected chi connectivity index (χ2v) is 6.56. The lowest BCUT2D eigenvalue weighted by Crippen LogP contribution is -2.49. The Bertz CT molecular complexity index is 817. The average Bonchev–Trinajstić information content (AvgIpc) is 2.73. The molecular formula is C20H25N5O3. The number of ether oxygens (including phenoxy) is 1. The summed E-state index contributed by atoms with van der Waals surface area (Å²) in [5.74, 6) is 0.438. The van der Waals surface area contributed by atoms with Gasteiger partial charge < -0.3 is 19.9 Å². The molecule has 0 radical (unpaired) electrons. The van der Waals surface area contributed by atoms with Gasteiger partial charge in [0.1, 0.15) is 0 Å². The van der Waals surface area contributed by atoms with Crippen LogP contribution in [0.4, 0.5) is 10.6 Å². The van der Waals surface area contributed by atoms with Crippen LogP contribution in [0.2, 0.25) is 0 Å². The van der Waals surface area contributed by atoms with Crippen LogP contribution in [-0.2, 0) is 11.3 Å². The van der Waals surface area contributed by atoms with Crippen LogP contribution < -0.4 is 10.2 Å². The van der Waals surface area contributed by atoms with Crippen molar-refractivity contribution in [2.45, 2.75) is 20.4 Å². The molecule has 1 aliphatic heterocycles. The van der Waals surface area contributed by atoms with Crippen molar-refractivity contribution in [2.24, 2.45) is 0 Å². The third kappa shape index (κ3) is 4.76. The molecule has 0 unspecified atom stereocenters. The molecular weight excluding hydrogens is 358 g/mol. The van der Waals surface area contributed by atoms with Gasteiger partial charge in [0.25, 0.3) is 5.91 Å². The van der Waals surface area contributed by atoms with E-state index in [0.29, 0.717) is 45.1 Å². The van der Waals surface area contributed by atoms with E-state index in [2.05, 4.69) is 15.5 Å². The predicted molar refractivity (Wildman–Crippen MR) is 105 cm³/mol. The smallest absolute Gasteiger partial charge is 0.409 e. The fourth-order valence-electron chi connectivity index (χ4n) is 3.02. The first kappa shape index (κ1) is 19.6. The molecule has 0 spiro atoms. The number of piperazine rings is 1. The Kier molecular flexibility index (Phi) is 6.41. The van der Waals surface area contributed by atoms with Crippen molar-refractivity contribution in [2.75, 3.05) is 37.7 Å². The van der Waals surface area contributed by atoms with Crippen molar-refractivity contribution >= 4 is 17.8 Å². The van der Waals surface area contributed by atoms with Gasteiger partial charge in [0.15, 0.2) is 11.5 Å². The summed E-state index contributed by atoms with van der Waals surface area (Å²) in [7, 11) is 0. The van der Waals surface area contributed by atoms with Gasteiger partial charge in [-0.2, -0.15) is 0 Å². The van der Waals surface area contributed by atoms with E-state index in [0.717, 1.165) is 11.1 Å². The number of hydrogen-bond donors (Lipinski definition) is 1. The van der Waals surface area contributed by atoms with Gasteiger partial charge in [-0.3, -0.25) is 4.79 Å². The number of aryl methyl sites for hydroxylation is 1. The van der Waals surface area contributed by atoms with Gasteiger partial charge in [0.05, 0.1) is 6.61 Å². The first-order chi connectivity index (χ1) is 13.6. The topological polar surface area (TPSA) is 87.7 Å². The zero-order valence-electron chi connectivity index (χ0n) is 16.2. The van der Waals surface area contributed by atoms with Crippen LogP contribution in [0.3, 0.4) is 0 Å². The molecule has 148 valence electrons. The number of anilines is 1. The van der Waals surface area contributed by atoms with Gasteiger partial charge in [0.2, 0.25) is 0 Å². The molecule has 0 aliphatic carbocycles. The zero-order chi connectivity index (χ0) is 19.9. The monoisotopic (exact) mass is 383 g/mol. The van der Waals surface area contributed by atoms with E-state index in [-0.39, 0.29) is 17.7 Å².